The van der Waals surface area contributed by atoms with Crippen molar-refractivity contribution in [2.24, 2.45) is 0 Å². The van der Waals surface area contributed by atoms with Crippen molar-refractivity contribution in [1.82, 2.24) is 0 Å². The molecule has 0 bridgehead atoms. The second kappa shape index (κ2) is 7.65. The number of thioether (sulfide) groups is 1. The number of sulfone groups is 1. The van der Waals surface area contributed by atoms with Gasteiger partial charge in [-0.2, -0.15) is 11.8 Å². The predicted molar refractivity (Wildman–Crippen MR) is 84.7 cm³/mol. The molecule has 0 fully saturated rings. The fourth-order valence-electron chi connectivity index (χ4n) is 1.70. The molecule has 0 saturated heterocycles. The number of nitrogens with one attached hydrogen (secondary N) is 1. The highest BCUT2D eigenvalue weighted by Gasteiger charge is 2.09. The highest BCUT2D eigenvalue weighted by atomic mass is 32.2. The molecule has 0 unspecified atom stereocenters. The molecule has 6 heteroatoms. The van der Waals surface area contributed by atoms with E-state index in [9.17, 15) is 8.42 Å². The molecule has 0 amide bonds. The first-order valence-electron chi connectivity index (χ1n) is 6.27. The van der Waals surface area contributed by atoms with E-state index in [-0.39, 0.29) is 4.90 Å². The Balaban J connectivity index is 2.47. The molecule has 108 valence electrons. The Bertz CT molecular complexity index is 501. The Kier molecular flexibility index (Phi) is 6.51. The molecule has 0 atom stereocenters. The summed E-state index contributed by atoms with van der Waals surface area (Å²) in [6, 6.07) is 4.82. The van der Waals surface area contributed by atoms with Gasteiger partial charge in [0.25, 0.3) is 0 Å². The zero-order valence-electron chi connectivity index (χ0n) is 11.5. The van der Waals surface area contributed by atoms with Crippen molar-refractivity contribution in [1.29, 1.82) is 0 Å². The zero-order chi connectivity index (χ0) is 14.3. The van der Waals surface area contributed by atoms with E-state index in [0.717, 1.165) is 18.7 Å². The van der Waals surface area contributed by atoms with Gasteiger partial charge in [0.05, 0.1) is 16.3 Å². The van der Waals surface area contributed by atoms with E-state index in [4.69, 9.17) is 5.73 Å². The quantitative estimate of drug-likeness (QED) is 0.570. The number of unbranched alkanes of at least 4 members (excludes halogenated alkanes) is 2. The molecule has 0 aliphatic rings. The average molecular weight is 302 g/mol. The Morgan fingerprint density at radius 2 is 2.00 bits per heavy atom. The second-order valence-corrected chi connectivity index (χ2v) is 7.50. The van der Waals surface area contributed by atoms with E-state index >= 15 is 0 Å². The third-order valence-corrected chi connectivity index (χ3v) is 4.60. The minimum atomic E-state index is -3.19. The molecule has 3 N–H and O–H groups in total. The van der Waals surface area contributed by atoms with Crippen molar-refractivity contribution in [3.63, 3.8) is 0 Å². The summed E-state index contributed by atoms with van der Waals surface area (Å²) in [5, 5.41) is 3.24. The van der Waals surface area contributed by atoms with Crippen LogP contribution in [0.15, 0.2) is 23.1 Å². The summed E-state index contributed by atoms with van der Waals surface area (Å²) in [6.07, 6.45) is 6.80. The van der Waals surface area contributed by atoms with Crippen molar-refractivity contribution >= 4 is 33.0 Å². The van der Waals surface area contributed by atoms with Crippen LogP contribution >= 0.6 is 11.8 Å². The van der Waals surface area contributed by atoms with E-state index in [1.807, 2.05) is 11.8 Å². The fourth-order valence-corrected chi connectivity index (χ4v) is 2.85. The zero-order valence-corrected chi connectivity index (χ0v) is 13.1. The summed E-state index contributed by atoms with van der Waals surface area (Å²) in [4.78, 5) is 0.260. The Labute approximate surface area is 120 Å². The number of hydrogen-bond acceptors (Lipinski definition) is 5. The van der Waals surface area contributed by atoms with E-state index in [0.29, 0.717) is 5.69 Å². The molecular weight excluding hydrogens is 280 g/mol. The van der Waals surface area contributed by atoms with Crippen molar-refractivity contribution in [3.05, 3.63) is 18.2 Å². The van der Waals surface area contributed by atoms with Gasteiger partial charge in [0, 0.05) is 12.8 Å². The molecule has 0 aliphatic carbocycles. The second-order valence-electron chi connectivity index (χ2n) is 4.50. The van der Waals surface area contributed by atoms with Crippen LogP contribution in [-0.4, -0.2) is 33.2 Å². The van der Waals surface area contributed by atoms with Crippen LogP contribution in [0.25, 0.3) is 0 Å². The molecule has 19 heavy (non-hydrogen) atoms. The van der Waals surface area contributed by atoms with Gasteiger partial charge in [0.15, 0.2) is 9.84 Å². The lowest BCUT2D eigenvalue weighted by molar-refractivity contribution is 0.602. The summed E-state index contributed by atoms with van der Waals surface area (Å²) >= 11 is 1.87. The molecule has 0 radical (unpaired) electrons. The van der Waals surface area contributed by atoms with Crippen LogP contribution in [0, 0.1) is 0 Å². The van der Waals surface area contributed by atoms with Crippen LogP contribution in [-0.2, 0) is 9.84 Å². The molecule has 1 rings (SSSR count). The summed E-state index contributed by atoms with van der Waals surface area (Å²) in [6.45, 7) is 0.858. The van der Waals surface area contributed by atoms with Gasteiger partial charge in [-0.15, -0.1) is 0 Å². The van der Waals surface area contributed by atoms with Gasteiger partial charge in [-0.25, -0.2) is 8.42 Å². The molecule has 0 aliphatic heterocycles. The number of rotatable bonds is 8. The first-order chi connectivity index (χ1) is 8.95. The van der Waals surface area contributed by atoms with Crippen molar-refractivity contribution < 1.29 is 8.42 Å². The molecule has 0 heterocycles. The average Bonchev–Trinajstić information content (AvgIpc) is 2.34. The van der Waals surface area contributed by atoms with Gasteiger partial charge in [0.1, 0.15) is 0 Å². The summed E-state index contributed by atoms with van der Waals surface area (Å²) in [7, 11) is -3.19. The summed E-state index contributed by atoms with van der Waals surface area (Å²) < 4.78 is 22.8. The minimum Gasteiger partial charge on any atom is -0.397 e. The lowest BCUT2D eigenvalue weighted by Crippen LogP contribution is -2.06. The van der Waals surface area contributed by atoms with Crippen LogP contribution in [0.3, 0.4) is 0 Å². The molecule has 4 nitrogen and oxygen atoms in total. The highest BCUT2D eigenvalue weighted by molar-refractivity contribution is 7.98. The van der Waals surface area contributed by atoms with Crippen LogP contribution in [0.4, 0.5) is 11.4 Å². The minimum absolute atomic E-state index is 0.260. The smallest absolute Gasteiger partial charge is 0.175 e. The largest absolute Gasteiger partial charge is 0.397 e. The van der Waals surface area contributed by atoms with Gasteiger partial charge in [-0.3, -0.25) is 0 Å². The van der Waals surface area contributed by atoms with E-state index in [1.165, 1.54) is 30.9 Å². The van der Waals surface area contributed by atoms with Crippen molar-refractivity contribution in [3.8, 4) is 0 Å². The van der Waals surface area contributed by atoms with Gasteiger partial charge >= 0.3 is 0 Å². The topological polar surface area (TPSA) is 72.2 Å². The molecule has 0 spiro atoms. The Morgan fingerprint density at radius 1 is 1.26 bits per heavy atom. The van der Waals surface area contributed by atoms with Gasteiger partial charge < -0.3 is 11.1 Å². The van der Waals surface area contributed by atoms with E-state index in [2.05, 4.69) is 11.6 Å². The number of nitrogen functional groups attached to an aromatic ring is 1. The number of anilines is 2. The van der Waals surface area contributed by atoms with Crippen LogP contribution < -0.4 is 11.1 Å². The van der Waals surface area contributed by atoms with Crippen molar-refractivity contribution in [2.75, 3.05) is 35.9 Å². The lowest BCUT2D eigenvalue weighted by atomic mass is 10.2. The van der Waals surface area contributed by atoms with Crippen LogP contribution in [0.2, 0.25) is 0 Å². The van der Waals surface area contributed by atoms with Crippen molar-refractivity contribution in [2.45, 2.75) is 24.2 Å². The normalized spacial score (nSPS) is 11.5. The maximum atomic E-state index is 11.4. The monoisotopic (exact) mass is 302 g/mol. The molecule has 1 aromatic rings. The van der Waals surface area contributed by atoms with Crippen LogP contribution in [0.1, 0.15) is 19.3 Å². The van der Waals surface area contributed by atoms with E-state index in [1.54, 1.807) is 12.1 Å². The lowest BCUT2D eigenvalue weighted by Gasteiger charge is -2.10. The molecule has 0 aromatic heterocycles. The highest BCUT2D eigenvalue weighted by Crippen LogP contribution is 2.22. The van der Waals surface area contributed by atoms with Crippen LogP contribution in [0.5, 0.6) is 0 Å². The fraction of sp³-hybridized carbons (Fsp3) is 0.538. The maximum absolute atomic E-state index is 11.4. The van der Waals surface area contributed by atoms with Gasteiger partial charge in [0.2, 0.25) is 0 Å². The molecular formula is C13H22N2O2S2. The summed E-state index contributed by atoms with van der Waals surface area (Å²) in [5.41, 5.74) is 7.13. The molecule has 0 saturated carbocycles. The Morgan fingerprint density at radius 3 is 2.58 bits per heavy atom. The first kappa shape index (κ1) is 16.2. The Hall–Kier alpha value is -0.880. The van der Waals surface area contributed by atoms with Gasteiger partial charge in [-0.05, 0) is 43.0 Å². The first-order valence-corrected chi connectivity index (χ1v) is 9.56. The number of nitrogens with two attached hydrogens (primary N) is 1. The molecule has 1 aromatic carbocycles. The van der Waals surface area contributed by atoms with E-state index < -0.39 is 9.84 Å². The van der Waals surface area contributed by atoms with Gasteiger partial charge in [-0.1, -0.05) is 6.42 Å². The standard InChI is InChI=1S/C13H22N2O2S2/c1-18-9-5-3-4-8-15-13-7-6-11(10-12(13)14)19(2,16)17/h6-7,10,15H,3-5,8-9,14H2,1-2H3. The number of benzene rings is 1. The number of hydrogen-bond donors (Lipinski definition) is 2. The maximum Gasteiger partial charge on any atom is 0.175 e. The third-order valence-electron chi connectivity index (χ3n) is 2.79. The summed E-state index contributed by atoms with van der Waals surface area (Å²) in [5.74, 6) is 1.20. The third kappa shape index (κ3) is 5.74. The SMILES string of the molecule is CSCCCCCNc1ccc(S(C)(=O)=O)cc1N. The predicted octanol–water partition coefficient (Wildman–Crippen LogP) is 2.62.